The van der Waals surface area contributed by atoms with Crippen molar-refractivity contribution in [3.8, 4) is 16.3 Å². The van der Waals surface area contributed by atoms with E-state index in [0.717, 1.165) is 21.5 Å². The van der Waals surface area contributed by atoms with E-state index >= 15 is 0 Å². The molecule has 0 saturated heterocycles. The molecule has 4 rings (SSSR count). The summed E-state index contributed by atoms with van der Waals surface area (Å²) in [4.78, 5) is 19.0. The Labute approximate surface area is 166 Å². The molecule has 1 amide bonds. The van der Waals surface area contributed by atoms with Gasteiger partial charge in [-0.25, -0.2) is 9.67 Å². The van der Waals surface area contributed by atoms with Crippen LogP contribution in [-0.2, 0) is 6.54 Å². The van der Waals surface area contributed by atoms with Crippen molar-refractivity contribution in [2.75, 3.05) is 12.4 Å². The Morgan fingerprint density at radius 1 is 1.29 bits per heavy atom. The van der Waals surface area contributed by atoms with Crippen molar-refractivity contribution < 1.29 is 9.53 Å². The van der Waals surface area contributed by atoms with Crippen molar-refractivity contribution in [3.63, 3.8) is 0 Å². The predicted octanol–water partition coefficient (Wildman–Crippen LogP) is 4.75. The third-order valence-electron chi connectivity index (χ3n) is 4.53. The number of carbonyl (C=O) groups is 1. The zero-order chi connectivity index (χ0) is 19.7. The Hall–Kier alpha value is -3.19. The topological polar surface area (TPSA) is 69.0 Å². The van der Waals surface area contributed by atoms with E-state index in [1.807, 2.05) is 55.6 Å². The van der Waals surface area contributed by atoms with Crippen molar-refractivity contribution in [3.05, 3.63) is 59.1 Å². The number of methoxy groups -OCH3 is 1. The molecule has 3 heterocycles. The number of thiophene rings is 1. The van der Waals surface area contributed by atoms with Crippen molar-refractivity contribution in [2.45, 2.75) is 20.4 Å². The summed E-state index contributed by atoms with van der Waals surface area (Å²) in [5.41, 5.74) is 3.68. The van der Waals surface area contributed by atoms with Crippen LogP contribution in [0.15, 0.2) is 48.0 Å². The van der Waals surface area contributed by atoms with Crippen molar-refractivity contribution in [1.82, 2.24) is 14.8 Å². The highest BCUT2D eigenvalue weighted by Crippen LogP contribution is 2.30. The molecule has 0 bridgehead atoms. The zero-order valence-corrected chi connectivity index (χ0v) is 16.7. The van der Waals surface area contributed by atoms with Crippen LogP contribution < -0.4 is 10.1 Å². The summed E-state index contributed by atoms with van der Waals surface area (Å²) in [6.07, 6.45) is 1.70. The zero-order valence-electron chi connectivity index (χ0n) is 15.9. The van der Waals surface area contributed by atoms with Gasteiger partial charge in [0, 0.05) is 6.54 Å². The molecule has 0 spiro atoms. The smallest absolute Gasteiger partial charge is 0.256 e. The van der Waals surface area contributed by atoms with Crippen LogP contribution in [0.5, 0.6) is 5.75 Å². The van der Waals surface area contributed by atoms with Gasteiger partial charge in [0.05, 0.1) is 40.5 Å². The molecule has 0 unspecified atom stereocenters. The van der Waals surface area contributed by atoms with Gasteiger partial charge in [-0.3, -0.25) is 4.79 Å². The van der Waals surface area contributed by atoms with E-state index in [1.54, 1.807) is 29.3 Å². The van der Waals surface area contributed by atoms with Crippen LogP contribution in [-0.4, -0.2) is 27.8 Å². The number of hydrogen-bond donors (Lipinski definition) is 1. The number of carbonyl (C=O) groups excluding carboxylic acids is 1. The second-order valence-electron chi connectivity index (χ2n) is 6.39. The molecule has 142 valence electrons. The van der Waals surface area contributed by atoms with E-state index in [1.165, 1.54) is 0 Å². The first-order chi connectivity index (χ1) is 13.6. The summed E-state index contributed by atoms with van der Waals surface area (Å²) in [6, 6.07) is 11.5. The molecule has 0 radical (unpaired) electrons. The lowest BCUT2D eigenvalue weighted by molar-refractivity contribution is 0.102. The highest BCUT2D eigenvalue weighted by atomic mass is 32.1. The van der Waals surface area contributed by atoms with Gasteiger partial charge in [-0.15, -0.1) is 11.3 Å². The van der Waals surface area contributed by atoms with Crippen LogP contribution in [0.25, 0.3) is 21.6 Å². The van der Waals surface area contributed by atoms with Gasteiger partial charge in [0.2, 0.25) is 0 Å². The maximum atomic E-state index is 13.2. The lowest BCUT2D eigenvalue weighted by atomic mass is 10.1. The highest BCUT2D eigenvalue weighted by Gasteiger charge is 2.19. The molecule has 1 aromatic carbocycles. The Morgan fingerprint density at radius 3 is 2.86 bits per heavy atom. The number of nitrogens with zero attached hydrogens (tertiary/aromatic N) is 3. The Balaban J connectivity index is 1.82. The minimum atomic E-state index is -0.218. The summed E-state index contributed by atoms with van der Waals surface area (Å²) < 4.78 is 7.19. The first kappa shape index (κ1) is 18.2. The number of anilines is 1. The van der Waals surface area contributed by atoms with Crippen LogP contribution in [0, 0.1) is 6.92 Å². The minimum Gasteiger partial charge on any atom is -0.495 e. The molecular formula is C21H20N4O2S. The monoisotopic (exact) mass is 392 g/mol. The predicted molar refractivity (Wildman–Crippen MR) is 112 cm³/mol. The third-order valence-corrected chi connectivity index (χ3v) is 5.42. The number of pyridine rings is 1. The normalized spacial score (nSPS) is 11.0. The lowest BCUT2D eigenvalue weighted by Gasteiger charge is -2.12. The van der Waals surface area contributed by atoms with Gasteiger partial charge in [-0.1, -0.05) is 12.1 Å². The summed E-state index contributed by atoms with van der Waals surface area (Å²) in [6.45, 7) is 4.65. The number of rotatable bonds is 5. The van der Waals surface area contributed by atoms with Crippen molar-refractivity contribution in [1.29, 1.82) is 0 Å². The standard InChI is InChI=1S/C21H20N4O2S/c1-4-25-20-15(12-22-25)14(11-17(23-20)19-6-5-9-28-19)21(26)24-16-10-13(2)7-8-18(16)27-3/h5-12H,4H2,1-3H3,(H,24,26). The minimum absolute atomic E-state index is 0.218. The Kier molecular flexibility index (Phi) is 4.83. The summed E-state index contributed by atoms with van der Waals surface area (Å²) in [7, 11) is 1.59. The molecule has 1 N–H and O–H groups in total. The summed E-state index contributed by atoms with van der Waals surface area (Å²) in [5, 5.41) is 10.1. The van der Waals surface area contributed by atoms with E-state index in [4.69, 9.17) is 9.72 Å². The second-order valence-corrected chi connectivity index (χ2v) is 7.34. The SMILES string of the molecule is CCn1ncc2c(C(=O)Nc3cc(C)ccc3OC)cc(-c3cccs3)nc21. The first-order valence-electron chi connectivity index (χ1n) is 8.97. The molecule has 6 nitrogen and oxygen atoms in total. The Bertz CT molecular complexity index is 1150. The van der Waals surface area contributed by atoms with Crippen molar-refractivity contribution in [2.24, 2.45) is 0 Å². The maximum absolute atomic E-state index is 13.2. The van der Waals surface area contributed by atoms with Crippen LogP contribution in [0.1, 0.15) is 22.8 Å². The molecule has 0 aliphatic carbocycles. The van der Waals surface area contributed by atoms with Gasteiger partial charge in [0.1, 0.15) is 5.75 Å². The largest absolute Gasteiger partial charge is 0.495 e. The molecule has 7 heteroatoms. The van der Waals surface area contributed by atoms with Gasteiger partial charge in [-0.05, 0) is 49.1 Å². The molecular weight excluding hydrogens is 372 g/mol. The van der Waals surface area contributed by atoms with Crippen molar-refractivity contribution >= 4 is 34.0 Å². The lowest BCUT2D eigenvalue weighted by Crippen LogP contribution is -2.14. The number of aryl methyl sites for hydroxylation is 2. The second kappa shape index (κ2) is 7.44. The van der Waals surface area contributed by atoms with E-state index in [9.17, 15) is 4.79 Å². The van der Waals surface area contributed by atoms with Gasteiger partial charge < -0.3 is 10.1 Å². The fourth-order valence-electron chi connectivity index (χ4n) is 3.13. The van der Waals surface area contributed by atoms with Gasteiger partial charge in [-0.2, -0.15) is 5.10 Å². The van der Waals surface area contributed by atoms with E-state index in [0.29, 0.717) is 29.2 Å². The average molecular weight is 392 g/mol. The maximum Gasteiger partial charge on any atom is 0.256 e. The summed E-state index contributed by atoms with van der Waals surface area (Å²) in [5.74, 6) is 0.400. The number of hydrogen-bond acceptors (Lipinski definition) is 5. The van der Waals surface area contributed by atoms with E-state index in [-0.39, 0.29) is 5.91 Å². The molecule has 28 heavy (non-hydrogen) atoms. The van der Waals surface area contributed by atoms with Crippen LogP contribution in [0.4, 0.5) is 5.69 Å². The molecule has 0 saturated carbocycles. The van der Waals surface area contributed by atoms with Crippen LogP contribution in [0.2, 0.25) is 0 Å². The third kappa shape index (κ3) is 3.25. The number of benzene rings is 1. The van der Waals surface area contributed by atoms with E-state index in [2.05, 4.69) is 10.4 Å². The number of fused-ring (bicyclic) bond motifs is 1. The quantitative estimate of drug-likeness (QED) is 0.532. The number of amides is 1. The highest BCUT2D eigenvalue weighted by molar-refractivity contribution is 7.13. The van der Waals surface area contributed by atoms with Gasteiger partial charge >= 0.3 is 0 Å². The molecule has 3 aromatic heterocycles. The fourth-order valence-corrected chi connectivity index (χ4v) is 3.81. The van der Waals surface area contributed by atoms with Gasteiger partial charge in [0.25, 0.3) is 5.91 Å². The molecule has 0 aliphatic rings. The fraction of sp³-hybridized carbons (Fsp3) is 0.190. The van der Waals surface area contributed by atoms with Crippen LogP contribution >= 0.6 is 11.3 Å². The number of nitrogens with one attached hydrogen (secondary N) is 1. The molecule has 4 aromatic rings. The summed E-state index contributed by atoms with van der Waals surface area (Å²) >= 11 is 1.59. The number of ether oxygens (including phenoxy) is 1. The molecule has 0 aliphatic heterocycles. The number of aromatic nitrogens is 3. The van der Waals surface area contributed by atoms with Crippen LogP contribution in [0.3, 0.4) is 0 Å². The first-order valence-corrected chi connectivity index (χ1v) is 9.85. The molecule has 0 atom stereocenters. The molecule has 0 fully saturated rings. The Morgan fingerprint density at radius 2 is 2.14 bits per heavy atom. The van der Waals surface area contributed by atoms with Gasteiger partial charge in [0.15, 0.2) is 5.65 Å². The van der Waals surface area contributed by atoms with E-state index < -0.39 is 0 Å². The average Bonchev–Trinajstić information content (AvgIpc) is 3.37.